The molecule has 4 aromatic carbocycles. The summed E-state index contributed by atoms with van der Waals surface area (Å²) in [6, 6.07) is 24.4. The molecule has 1 aromatic heterocycles. The number of likely N-dealkylation sites (tertiary alicyclic amines) is 2. The number of amides is 4. The monoisotopic (exact) mass is 931 g/mol. The van der Waals surface area contributed by atoms with Gasteiger partial charge in [0.15, 0.2) is 0 Å². The van der Waals surface area contributed by atoms with Crippen LogP contribution in [0.4, 0.5) is 5.69 Å². The predicted octanol–water partition coefficient (Wildman–Crippen LogP) is 7.07. The maximum Gasteiger partial charge on any atom is 0.329 e. The second-order valence-corrected chi connectivity index (χ2v) is 20.7. The Hall–Kier alpha value is -6.23. The molecule has 360 valence electrons. The van der Waals surface area contributed by atoms with Gasteiger partial charge >= 0.3 is 5.69 Å². The zero-order chi connectivity index (χ0) is 47.8. The van der Waals surface area contributed by atoms with E-state index in [0.29, 0.717) is 41.3 Å². The van der Waals surface area contributed by atoms with Gasteiger partial charge in [-0.2, -0.15) is 0 Å². The van der Waals surface area contributed by atoms with Crippen LogP contribution in [-0.2, 0) is 21.4 Å². The molecular formula is C56H66N8O5. The summed E-state index contributed by atoms with van der Waals surface area (Å²) in [5.41, 5.74) is 7.60. The van der Waals surface area contributed by atoms with E-state index in [9.17, 15) is 24.0 Å². The van der Waals surface area contributed by atoms with E-state index in [2.05, 4.69) is 93.5 Å². The van der Waals surface area contributed by atoms with E-state index in [4.69, 9.17) is 0 Å². The zero-order valence-electron chi connectivity index (χ0n) is 40.4. The van der Waals surface area contributed by atoms with Crippen molar-refractivity contribution in [3.8, 4) is 11.8 Å². The maximum atomic E-state index is 13.7. The number of nitrogens with one attached hydrogen (secondary N) is 4. The topological polar surface area (TPSA) is 150 Å². The van der Waals surface area contributed by atoms with Gasteiger partial charge in [-0.3, -0.25) is 33.6 Å². The van der Waals surface area contributed by atoms with Crippen LogP contribution in [-0.4, -0.2) is 94.4 Å². The number of nitrogens with zero attached hydrogens (tertiary/aromatic N) is 4. The third-order valence-corrected chi connectivity index (χ3v) is 16.1. The second kappa shape index (κ2) is 19.6. The molecule has 1 saturated carbocycles. The van der Waals surface area contributed by atoms with E-state index in [1.54, 1.807) is 11.6 Å². The van der Waals surface area contributed by atoms with Gasteiger partial charge in [0.1, 0.15) is 6.04 Å². The number of aromatic nitrogens is 2. The van der Waals surface area contributed by atoms with Crippen LogP contribution >= 0.6 is 0 Å². The Morgan fingerprint density at radius 2 is 1.62 bits per heavy atom. The molecule has 4 aliphatic heterocycles. The first-order valence-electron chi connectivity index (χ1n) is 25.4. The number of carbonyl (C=O) groups is 4. The first-order chi connectivity index (χ1) is 33.4. The number of aryl methyl sites for hydroxylation is 2. The normalized spacial score (nSPS) is 20.5. The van der Waals surface area contributed by atoms with Gasteiger partial charge in [0, 0.05) is 74.8 Å². The molecule has 5 aliphatic rings. The lowest BCUT2D eigenvalue weighted by atomic mass is 9.61. The van der Waals surface area contributed by atoms with Crippen molar-refractivity contribution in [2.45, 2.75) is 109 Å². The third kappa shape index (κ3) is 9.71. The highest BCUT2D eigenvalue weighted by Gasteiger charge is 2.48. The summed E-state index contributed by atoms with van der Waals surface area (Å²) in [5, 5.41) is 15.0. The van der Waals surface area contributed by atoms with Crippen molar-refractivity contribution in [2.24, 2.45) is 18.4 Å². The number of benzene rings is 4. The van der Waals surface area contributed by atoms with E-state index in [1.807, 2.05) is 36.1 Å². The lowest BCUT2D eigenvalue weighted by Gasteiger charge is -2.54. The highest BCUT2D eigenvalue weighted by molar-refractivity contribution is 6.00. The van der Waals surface area contributed by atoms with Crippen LogP contribution in [0.15, 0.2) is 77.6 Å². The summed E-state index contributed by atoms with van der Waals surface area (Å²) < 4.78 is 3.11. The molecule has 13 nitrogen and oxygen atoms in total. The van der Waals surface area contributed by atoms with Crippen LogP contribution in [0.25, 0.3) is 21.8 Å². The summed E-state index contributed by atoms with van der Waals surface area (Å²) in [6.45, 7) is 10.8. The van der Waals surface area contributed by atoms with E-state index < -0.39 is 11.9 Å². The quantitative estimate of drug-likeness (QED) is 0.0590. The first kappa shape index (κ1) is 46.5. The maximum absolute atomic E-state index is 13.7. The number of imidazole rings is 1. The molecule has 5 aromatic rings. The van der Waals surface area contributed by atoms with Gasteiger partial charge in [0.2, 0.25) is 17.7 Å². The Morgan fingerprint density at radius 3 is 2.36 bits per heavy atom. The van der Waals surface area contributed by atoms with Gasteiger partial charge in [-0.05, 0) is 160 Å². The third-order valence-electron chi connectivity index (χ3n) is 16.1. The minimum atomic E-state index is -0.703. The number of carbonyl (C=O) groups excluding carboxylic acids is 4. The van der Waals surface area contributed by atoms with Crippen molar-refractivity contribution < 1.29 is 19.2 Å². The molecular weight excluding hydrogens is 865 g/mol. The molecule has 2 atom stereocenters. The molecule has 5 heterocycles. The molecule has 5 fully saturated rings. The Morgan fingerprint density at radius 1 is 0.855 bits per heavy atom. The average Bonchev–Trinajstić information content (AvgIpc) is 3.58. The van der Waals surface area contributed by atoms with Crippen LogP contribution in [0.1, 0.15) is 128 Å². The van der Waals surface area contributed by atoms with Gasteiger partial charge in [-0.25, -0.2) is 4.79 Å². The number of imide groups is 1. The Labute approximate surface area is 404 Å². The van der Waals surface area contributed by atoms with Crippen LogP contribution in [0.5, 0.6) is 0 Å². The number of fused-ring (bicyclic) bond motifs is 2. The van der Waals surface area contributed by atoms with E-state index >= 15 is 0 Å². The molecule has 13 heteroatoms. The molecule has 4 N–H and O–H groups in total. The molecule has 10 rings (SSSR count). The van der Waals surface area contributed by atoms with Crippen LogP contribution in [0, 0.1) is 30.1 Å². The van der Waals surface area contributed by atoms with Crippen molar-refractivity contribution >= 4 is 51.1 Å². The van der Waals surface area contributed by atoms with Gasteiger partial charge in [-0.15, -0.1) is 0 Å². The standard InChI is InChI=1S/C56H66N8O5/c1-36-11-16-42(59-43-32-56(33-43)34-57-35-56)31-47(36)53(67)58-37(2)44-17-14-40(45-8-4-5-9-46(44)45)13-12-38-21-26-62(27-22-38)25-7-6-10-52(66)63-28-23-39(24-29-63)41-15-18-48-50(30-41)61(3)55(69)64(48)49-19-20-51(65)60-54(49)68/h4-5,8-9,11,14-18,30-31,37-39,43,49,57,59H,6-7,10,19-29,32-35H2,1-3H3,(H,58,67)(H,60,65,68). The van der Waals surface area contributed by atoms with Crippen molar-refractivity contribution in [1.82, 2.24) is 34.9 Å². The van der Waals surface area contributed by atoms with Crippen molar-refractivity contribution in [2.75, 3.05) is 51.1 Å². The summed E-state index contributed by atoms with van der Waals surface area (Å²) in [7, 11) is 1.72. The highest BCUT2D eigenvalue weighted by atomic mass is 16.2. The molecule has 4 amide bonds. The number of hydrogen-bond donors (Lipinski definition) is 4. The first-order valence-corrected chi connectivity index (χ1v) is 25.4. The van der Waals surface area contributed by atoms with Crippen molar-refractivity contribution in [3.63, 3.8) is 0 Å². The van der Waals surface area contributed by atoms with Crippen LogP contribution in [0.2, 0.25) is 0 Å². The van der Waals surface area contributed by atoms with Gasteiger partial charge in [-0.1, -0.05) is 54.3 Å². The lowest BCUT2D eigenvalue weighted by molar-refractivity contribution is -0.136. The zero-order valence-corrected chi connectivity index (χ0v) is 40.4. The van der Waals surface area contributed by atoms with Crippen molar-refractivity contribution in [1.29, 1.82) is 0 Å². The predicted molar refractivity (Wildman–Crippen MR) is 270 cm³/mol. The van der Waals surface area contributed by atoms with Gasteiger partial charge < -0.3 is 25.8 Å². The molecule has 69 heavy (non-hydrogen) atoms. The fourth-order valence-electron chi connectivity index (χ4n) is 11.8. The molecule has 0 bridgehead atoms. The Bertz CT molecular complexity index is 2910. The fraction of sp³-hybridized carbons (Fsp3) is 0.482. The molecule has 1 spiro atoms. The summed E-state index contributed by atoms with van der Waals surface area (Å²) in [4.78, 5) is 69.1. The Balaban J connectivity index is 0.661. The second-order valence-electron chi connectivity index (χ2n) is 20.7. The van der Waals surface area contributed by atoms with Gasteiger partial charge in [0.25, 0.3) is 5.91 Å². The SMILES string of the molecule is Cc1ccc(NC2CC3(CNC3)C2)cc1C(=O)NC(C)c1ccc(C#CC2CCN(CCCCC(=O)N3CCC(c4ccc5c(c4)n(C)c(=O)n5C4CCC(=O)NC4=O)CC3)CC2)c2ccccc12. The lowest BCUT2D eigenvalue weighted by Crippen LogP contribution is -2.63. The van der Waals surface area contributed by atoms with E-state index in [1.165, 1.54) is 17.4 Å². The molecule has 1 aliphatic carbocycles. The number of anilines is 1. The van der Waals surface area contributed by atoms with E-state index in [-0.39, 0.29) is 41.8 Å². The summed E-state index contributed by atoms with van der Waals surface area (Å²) >= 11 is 0. The number of unbranched alkanes of at least 4 members (excludes halogenated alkanes) is 1. The average molecular weight is 931 g/mol. The van der Waals surface area contributed by atoms with Gasteiger partial charge in [0.05, 0.1) is 17.1 Å². The molecule has 4 saturated heterocycles. The molecule has 0 radical (unpaired) electrons. The van der Waals surface area contributed by atoms with Crippen LogP contribution in [0.3, 0.4) is 0 Å². The number of piperidine rings is 3. The van der Waals surface area contributed by atoms with E-state index in [0.717, 1.165) is 129 Å². The number of hydrogen-bond acceptors (Lipinski definition) is 8. The highest BCUT2D eigenvalue weighted by Crippen LogP contribution is 2.45. The smallest absolute Gasteiger partial charge is 0.329 e. The summed E-state index contributed by atoms with van der Waals surface area (Å²) in [5.74, 6) is 7.21. The minimum Gasteiger partial charge on any atom is -0.382 e. The fourth-order valence-corrected chi connectivity index (χ4v) is 11.8. The minimum absolute atomic E-state index is 0.0651. The Kier molecular flexibility index (Phi) is 13.2. The summed E-state index contributed by atoms with van der Waals surface area (Å²) in [6.07, 6.45) is 9.11. The molecule has 2 unspecified atom stereocenters. The number of rotatable bonds is 12. The van der Waals surface area contributed by atoms with Crippen molar-refractivity contribution in [3.05, 3.63) is 111 Å². The largest absolute Gasteiger partial charge is 0.382 e. The van der Waals surface area contributed by atoms with Crippen LogP contribution < -0.4 is 27.0 Å².